The minimum Gasteiger partial charge on any atom is -0.385 e. The maximum Gasteiger partial charge on any atom is 0.294 e. The summed E-state index contributed by atoms with van der Waals surface area (Å²) in [6.45, 7) is 8.26. The number of anilines is 1. The van der Waals surface area contributed by atoms with E-state index < -0.39 is 5.09 Å². The summed E-state index contributed by atoms with van der Waals surface area (Å²) in [7, 11) is 0. The van der Waals surface area contributed by atoms with Crippen molar-refractivity contribution in [3.8, 4) is 0 Å². The van der Waals surface area contributed by atoms with E-state index in [1.165, 1.54) is 44.6 Å². The molecule has 2 rings (SSSR count). The van der Waals surface area contributed by atoms with E-state index in [-0.39, 0.29) is 6.61 Å². The van der Waals surface area contributed by atoms with Crippen LogP contribution in [0, 0.1) is 10.1 Å². The average molecular weight is 379 g/mol. The van der Waals surface area contributed by atoms with Crippen LogP contribution < -0.4 is 5.32 Å². The van der Waals surface area contributed by atoms with Crippen molar-refractivity contribution < 1.29 is 9.92 Å². The molecule has 1 fully saturated rings. The Balaban J connectivity index is 1.40. The third-order valence-corrected chi connectivity index (χ3v) is 5.03. The number of hydrogen-bond donors (Lipinski definition) is 1. The fraction of sp³-hybridized carbons (Fsp3) is 0.700. The van der Waals surface area contributed by atoms with Crippen molar-refractivity contribution in [1.29, 1.82) is 0 Å². The van der Waals surface area contributed by atoms with E-state index in [1.807, 2.05) is 6.07 Å². The molecule has 1 aliphatic heterocycles. The smallest absolute Gasteiger partial charge is 0.294 e. The highest BCUT2D eigenvalue weighted by Gasteiger charge is 2.15. The SMILES string of the molecule is O=[N+]([O-])OCCCCCCN1CCN(CCCCNc2ccccc2)CC1. The molecule has 0 atom stereocenters. The summed E-state index contributed by atoms with van der Waals surface area (Å²) in [4.78, 5) is 19.5. The second-order valence-corrected chi connectivity index (χ2v) is 7.15. The number of nitrogens with zero attached hydrogens (tertiary/aromatic N) is 3. The monoisotopic (exact) mass is 378 g/mol. The van der Waals surface area contributed by atoms with Crippen LogP contribution in [0.25, 0.3) is 0 Å². The summed E-state index contributed by atoms with van der Waals surface area (Å²) in [6, 6.07) is 10.4. The van der Waals surface area contributed by atoms with Gasteiger partial charge in [-0.25, -0.2) is 0 Å². The van der Waals surface area contributed by atoms with Gasteiger partial charge in [0.15, 0.2) is 0 Å². The number of rotatable bonds is 14. The first-order valence-electron chi connectivity index (χ1n) is 10.2. The average Bonchev–Trinajstić information content (AvgIpc) is 2.68. The molecule has 0 radical (unpaired) electrons. The Morgan fingerprint density at radius 2 is 1.48 bits per heavy atom. The van der Waals surface area contributed by atoms with Crippen LogP contribution in [-0.2, 0) is 4.84 Å². The Kier molecular flexibility index (Phi) is 10.6. The highest BCUT2D eigenvalue weighted by atomic mass is 16.9. The number of piperazine rings is 1. The van der Waals surface area contributed by atoms with E-state index in [0.29, 0.717) is 0 Å². The van der Waals surface area contributed by atoms with Crippen LogP contribution in [-0.4, -0.2) is 67.3 Å². The maximum atomic E-state index is 10.0. The summed E-state index contributed by atoms with van der Waals surface area (Å²) in [6.07, 6.45) is 6.51. The maximum absolute atomic E-state index is 10.0. The molecule has 1 aliphatic rings. The third kappa shape index (κ3) is 10.2. The largest absolute Gasteiger partial charge is 0.385 e. The standard InChI is InChI=1S/C20H34N4O3/c25-24(26)27-19-9-2-1-7-13-22-15-17-23(18-16-22)14-8-6-12-21-20-10-4-3-5-11-20/h3-5,10-11,21H,1-2,6-9,12-19H2. The van der Waals surface area contributed by atoms with Gasteiger partial charge in [0.2, 0.25) is 0 Å². The highest BCUT2D eigenvalue weighted by molar-refractivity contribution is 5.42. The molecule has 0 bridgehead atoms. The zero-order valence-corrected chi connectivity index (χ0v) is 16.4. The first kappa shape index (κ1) is 21.4. The van der Waals surface area contributed by atoms with Crippen LogP contribution >= 0.6 is 0 Å². The second kappa shape index (κ2) is 13.3. The van der Waals surface area contributed by atoms with Gasteiger partial charge < -0.3 is 20.0 Å². The van der Waals surface area contributed by atoms with E-state index in [2.05, 4.69) is 44.2 Å². The van der Waals surface area contributed by atoms with E-state index in [1.54, 1.807) is 0 Å². The summed E-state index contributed by atoms with van der Waals surface area (Å²) in [5.41, 5.74) is 1.21. The predicted molar refractivity (Wildman–Crippen MR) is 108 cm³/mol. The summed E-state index contributed by atoms with van der Waals surface area (Å²) in [5.74, 6) is 0. The van der Waals surface area contributed by atoms with Crippen LogP contribution in [0.3, 0.4) is 0 Å². The van der Waals surface area contributed by atoms with Gasteiger partial charge in [0.25, 0.3) is 5.09 Å². The minimum absolute atomic E-state index is 0.229. The van der Waals surface area contributed by atoms with Gasteiger partial charge in [0.1, 0.15) is 0 Å². The lowest BCUT2D eigenvalue weighted by atomic mass is 10.2. The summed E-state index contributed by atoms with van der Waals surface area (Å²) >= 11 is 0. The van der Waals surface area contributed by atoms with Gasteiger partial charge in [-0.1, -0.05) is 31.0 Å². The number of nitrogens with one attached hydrogen (secondary N) is 1. The van der Waals surface area contributed by atoms with Gasteiger partial charge in [-0.15, -0.1) is 10.1 Å². The molecule has 7 nitrogen and oxygen atoms in total. The van der Waals surface area contributed by atoms with Gasteiger partial charge >= 0.3 is 0 Å². The van der Waals surface area contributed by atoms with E-state index >= 15 is 0 Å². The molecule has 7 heteroatoms. The molecule has 152 valence electrons. The molecular formula is C20H34N4O3. The molecule has 1 aromatic carbocycles. The fourth-order valence-corrected chi connectivity index (χ4v) is 3.42. The first-order chi connectivity index (χ1) is 13.2. The van der Waals surface area contributed by atoms with Gasteiger partial charge in [-0.3, -0.25) is 0 Å². The van der Waals surface area contributed by atoms with Crippen LogP contribution in [0.2, 0.25) is 0 Å². The van der Waals surface area contributed by atoms with Crippen molar-refractivity contribution in [3.63, 3.8) is 0 Å². The summed E-state index contributed by atoms with van der Waals surface area (Å²) < 4.78 is 0. The van der Waals surface area contributed by atoms with Crippen molar-refractivity contribution in [3.05, 3.63) is 40.4 Å². The van der Waals surface area contributed by atoms with E-state index in [4.69, 9.17) is 0 Å². The van der Waals surface area contributed by atoms with Crippen molar-refractivity contribution in [2.24, 2.45) is 0 Å². The molecule has 0 amide bonds. The topological polar surface area (TPSA) is 70.9 Å². The molecule has 0 saturated carbocycles. The van der Waals surface area contributed by atoms with Crippen molar-refractivity contribution in [2.45, 2.75) is 38.5 Å². The molecule has 0 aliphatic carbocycles. The Hall–Kier alpha value is -1.86. The van der Waals surface area contributed by atoms with Gasteiger partial charge in [-0.2, -0.15) is 0 Å². The Morgan fingerprint density at radius 1 is 0.889 bits per heavy atom. The first-order valence-corrected chi connectivity index (χ1v) is 10.2. The van der Waals surface area contributed by atoms with E-state index in [0.717, 1.165) is 45.4 Å². The molecule has 1 aromatic rings. The molecule has 1 N–H and O–H groups in total. The summed E-state index contributed by atoms with van der Waals surface area (Å²) in [5, 5.41) is 12.8. The number of unbranched alkanes of at least 4 members (excludes halogenated alkanes) is 4. The zero-order valence-electron chi connectivity index (χ0n) is 16.4. The molecular weight excluding hydrogens is 344 g/mol. The molecule has 0 aromatic heterocycles. The molecule has 0 unspecified atom stereocenters. The van der Waals surface area contributed by atoms with Gasteiger partial charge in [-0.05, 0) is 50.9 Å². The Labute approximate surface area is 162 Å². The lowest BCUT2D eigenvalue weighted by Crippen LogP contribution is -2.46. The normalized spacial score (nSPS) is 15.6. The van der Waals surface area contributed by atoms with Crippen LogP contribution in [0.5, 0.6) is 0 Å². The number of para-hydroxylation sites is 1. The zero-order chi connectivity index (χ0) is 19.2. The minimum atomic E-state index is -0.709. The fourth-order valence-electron chi connectivity index (χ4n) is 3.42. The molecule has 1 saturated heterocycles. The number of hydrogen-bond acceptors (Lipinski definition) is 6. The molecule has 1 heterocycles. The lowest BCUT2D eigenvalue weighted by Gasteiger charge is -2.34. The second-order valence-electron chi connectivity index (χ2n) is 7.15. The Bertz CT molecular complexity index is 507. The van der Waals surface area contributed by atoms with Crippen molar-refractivity contribution >= 4 is 5.69 Å². The van der Waals surface area contributed by atoms with Crippen molar-refractivity contribution in [1.82, 2.24) is 9.80 Å². The quantitative estimate of drug-likeness (QED) is 0.304. The van der Waals surface area contributed by atoms with E-state index in [9.17, 15) is 10.1 Å². The van der Waals surface area contributed by atoms with Crippen LogP contribution in [0.4, 0.5) is 5.69 Å². The van der Waals surface area contributed by atoms with Gasteiger partial charge in [0, 0.05) is 38.4 Å². The molecule has 27 heavy (non-hydrogen) atoms. The predicted octanol–water partition coefficient (Wildman–Crippen LogP) is 3.27. The lowest BCUT2D eigenvalue weighted by molar-refractivity contribution is -0.757. The Morgan fingerprint density at radius 3 is 2.11 bits per heavy atom. The van der Waals surface area contributed by atoms with Crippen LogP contribution in [0.1, 0.15) is 38.5 Å². The number of benzene rings is 1. The highest BCUT2D eigenvalue weighted by Crippen LogP contribution is 2.08. The van der Waals surface area contributed by atoms with Crippen molar-refractivity contribution in [2.75, 3.05) is 57.7 Å². The van der Waals surface area contributed by atoms with Crippen LogP contribution in [0.15, 0.2) is 30.3 Å². The third-order valence-electron chi connectivity index (χ3n) is 5.03. The van der Waals surface area contributed by atoms with Gasteiger partial charge in [0.05, 0.1) is 6.61 Å². The molecule has 0 spiro atoms.